The average molecular weight is 274 g/mol. The van der Waals surface area contributed by atoms with Crippen molar-refractivity contribution >= 4 is 5.91 Å². The highest BCUT2D eigenvalue weighted by molar-refractivity contribution is 5.79. The summed E-state index contributed by atoms with van der Waals surface area (Å²) >= 11 is 0. The second-order valence-corrected chi connectivity index (χ2v) is 6.20. The number of carbonyl (C=O) groups excluding carboxylic acids is 1. The molecule has 2 unspecified atom stereocenters. The van der Waals surface area contributed by atoms with Crippen LogP contribution in [-0.4, -0.2) is 18.5 Å². The van der Waals surface area contributed by atoms with E-state index in [1.165, 1.54) is 11.1 Å². The molecule has 1 amide bonds. The van der Waals surface area contributed by atoms with Gasteiger partial charge in [-0.25, -0.2) is 0 Å². The summed E-state index contributed by atoms with van der Waals surface area (Å²) in [5.41, 5.74) is 2.51. The zero-order valence-electron chi connectivity index (χ0n) is 12.8. The van der Waals surface area contributed by atoms with Crippen LogP contribution in [0.1, 0.15) is 50.7 Å². The van der Waals surface area contributed by atoms with Gasteiger partial charge in [0.25, 0.3) is 0 Å². The van der Waals surface area contributed by atoms with E-state index in [0.717, 1.165) is 19.4 Å². The second-order valence-electron chi connectivity index (χ2n) is 6.20. The first-order chi connectivity index (χ1) is 9.56. The van der Waals surface area contributed by atoms with Crippen molar-refractivity contribution in [2.75, 3.05) is 6.54 Å². The predicted octanol–water partition coefficient (Wildman–Crippen LogP) is 2.81. The third-order valence-corrected chi connectivity index (χ3v) is 4.14. The molecule has 1 aliphatic heterocycles. The Hall–Kier alpha value is -1.35. The van der Waals surface area contributed by atoms with Gasteiger partial charge in [0.1, 0.15) is 0 Å². The summed E-state index contributed by atoms with van der Waals surface area (Å²) in [5.74, 6) is 0.854. The Morgan fingerprint density at radius 2 is 2.00 bits per heavy atom. The molecule has 0 aliphatic carbocycles. The van der Waals surface area contributed by atoms with Gasteiger partial charge in [-0.1, -0.05) is 38.1 Å². The number of nitrogens with one attached hydrogen (secondary N) is 2. The number of hydrogen-bond acceptors (Lipinski definition) is 2. The monoisotopic (exact) mass is 274 g/mol. The van der Waals surface area contributed by atoms with Crippen LogP contribution in [0.15, 0.2) is 24.3 Å². The quantitative estimate of drug-likeness (QED) is 0.886. The van der Waals surface area contributed by atoms with E-state index in [0.29, 0.717) is 18.5 Å². The van der Waals surface area contributed by atoms with Gasteiger partial charge in [-0.3, -0.25) is 4.79 Å². The Balaban J connectivity index is 1.81. The zero-order chi connectivity index (χ0) is 14.5. The fourth-order valence-corrected chi connectivity index (χ4v) is 2.58. The summed E-state index contributed by atoms with van der Waals surface area (Å²) in [6.07, 6.45) is 2.08. The summed E-state index contributed by atoms with van der Waals surface area (Å²) in [5, 5.41) is 6.42. The average Bonchev–Trinajstić information content (AvgIpc) is 2.46. The number of hydrogen-bond donors (Lipinski definition) is 2. The van der Waals surface area contributed by atoms with Gasteiger partial charge in [0.2, 0.25) is 5.91 Å². The van der Waals surface area contributed by atoms with E-state index < -0.39 is 0 Å². The summed E-state index contributed by atoms with van der Waals surface area (Å²) < 4.78 is 0. The Labute approximate surface area is 122 Å². The van der Waals surface area contributed by atoms with Crippen molar-refractivity contribution in [2.45, 2.75) is 52.1 Å². The molecule has 0 aromatic heterocycles. The van der Waals surface area contributed by atoms with E-state index in [4.69, 9.17) is 0 Å². The largest absolute Gasteiger partial charge is 0.352 e. The van der Waals surface area contributed by atoms with E-state index in [9.17, 15) is 4.79 Å². The van der Waals surface area contributed by atoms with Crippen LogP contribution in [0, 0.1) is 5.92 Å². The lowest BCUT2D eigenvalue weighted by Crippen LogP contribution is -2.43. The molecule has 1 aliphatic rings. The SMILES string of the molecule is CC1CCC(C(=O)NCc2ccc(C(C)C)cc2)CN1. The molecule has 2 N–H and O–H groups in total. The van der Waals surface area contributed by atoms with Crippen LogP contribution in [0.3, 0.4) is 0 Å². The van der Waals surface area contributed by atoms with Crippen molar-refractivity contribution in [1.29, 1.82) is 0 Å². The summed E-state index contributed by atoms with van der Waals surface area (Å²) in [7, 11) is 0. The Morgan fingerprint density at radius 3 is 2.55 bits per heavy atom. The van der Waals surface area contributed by atoms with E-state index >= 15 is 0 Å². The smallest absolute Gasteiger partial charge is 0.224 e. The number of piperidine rings is 1. The molecule has 0 bridgehead atoms. The lowest BCUT2D eigenvalue weighted by atomic mass is 9.94. The van der Waals surface area contributed by atoms with Crippen molar-refractivity contribution in [3.8, 4) is 0 Å². The Kier molecular flexibility index (Phi) is 5.18. The molecule has 3 nitrogen and oxygen atoms in total. The molecule has 0 saturated carbocycles. The van der Waals surface area contributed by atoms with Crippen LogP contribution in [0.5, 0.6) is 0 Å². The molecule has 0 spiro atoms. The van der Waals surface area contributed by atoms with Gasteiger partial charge in [0, 0.05) is 19.1 Å². The van der Waals surface area contributed by atoms with E-state index in [2.05, 4.69) is 55.7 Å². The van der Waals surface area contributed by atoms with Gasteiger partial charge in [0.15, 0.2) is 0 Å². The Morgan fingerprint density at radius 1 is 1.30 bits per heavy atom. The topological polar surface area (TPSA) is 41.1 Å². The molecule has 3 heteroatoms. The van der Waals surface area contributed by atoms with Crippen molar-refractivity contribution in [3.63, 3.8) is 0 Å². The molecule has 1 aromatic rings. The van der Waals surface area contributed by atoms with Crippen LogP contribution in [0.4, 0.5) is 0 Å². The van der Waals surface area contributed by atoms with Crippen molar-refractivity contribution in [3.05, 3.63) is 35.4 Å². The first-order valence-electron chi connectivity index (χ1n) is 7.66. The van der Waals surface area contributed by atoms with Gasteiger partial charge in [0.05, 0.1) is 5.92 Å². The van der Waals surface area contributed by atoms with Crippen LogP contribution in [0.25, 0.3) is 0 Å². The molecule has 1 heterocycles. The zero-order valence-corrected chi connectivity index (χ0v) is 12.8. The Bertz CT molecular complexity index is 431. The number of rotatable bonds is 4. The molecule has 110 valence electrons. The summed E-state index contributed by atoms with van der Waals surface area (Å²) in [6, 6.07) is 9.06. The van der Waals surface area contributed by atoms with Crippen LogP contribution in [-0.2, 0) is 11.3 Å². The molecule has 2 atom stereocenters. The van der Waals surface area contributed by atoms with Crippen LogP contribution < -0.4 is 10.6 Å². The molecule has 1 aromatic carbocycles. The second kappa shape index (κ2) is 6.89. The molecular weight excluding hydrogens is 248 g/mol. The van der Waals surface area contributed by atoms with Gasteiger partial charge in [-0.2, -0.15) is 0 Å². The normalized spacial score (nSPS) is 22.8. The summed E-state index contributed by atoms with van der Waals surface area (Å²) in [6.45, 7) is 7.98. The maximum atomic E-state index is 12.1. The molecule has 1 fully saturated rings. The number of carbonyl (C=O) groups is 1. The maximum absolute atomic E-state index is 12.1. The highest BCUT2D eigenvalue weighted by Gasteiger charge is 2.23. The van der Waals surface area contributed by atoms with Crippen molar-refractivity contribution < 1.29 is 4.79 Å². The van der Waals surface area contributed by atoms with Gasteiger partial charge in [-0.15, -0.1) is 0 Å². The number of benzene rings is 1. The summed E-state index contributed by atoms with van der Waals surface area (Å²) in [4.78, 5) is 12.1. The van der Waals surface area contributed by atoms with Crippen LogP contribution >= 0.6 is 0 Å². The fourth-order valence-electron chi connectivity index (χ4n) is 2.58. The highest BCUT2D eigenvalue weighted by atomic mass is 16.1. The number of amides is 1. The minimum absolute atomic E-state index is 0.126. The van der Waals surface area contributed by atoms with Gasteiger partial charge < -0.3 is 10.6 Å². The first kappa shape index (κ1) is 15.0. The van der Waals surface area contributed by atoms with Crippen molar-refractivity contribution in [2.24, 2.45) is 5.92 Å². The minimum Gasteiger partial charge on any atom is -0.352 e. The van der Waals surface area contributed by atoms with Gasteiger partial charge in [-0.05, 0) is 36.8 Å². The lowest BCUT2D eigenvalue weighted by molar-refractivity contribution is -0.125. The third-order valence-electron chi connectivity index (χ3n) is 4.14. The molecule has 0 radical (unpaired) electrons. The minimum atomic E-state index is 0.126. The molecule has 1 saturated heterocycles. The molecule has 2 rings (SSSR count). The standard InChI is InChI=1S/C17H26N2O/c1-12(2)15-8-5-14(6-9-15)10-19-17(20)16-7-4-13(3)18-11-16/h5-6,8-9,12-13,16,18H,4,7,10-11H2,1-3H3,(H,19,20). The van der Waals surface area contributed by atoms with E-state index in [1.807, 2.05) is 0 Å². The van der Waals surface area contributed by atoms with Crippen molar-refractivity contribution in [1.82, 2.24) is 10.6 Å². The molecule has 20 heavy (non-hydrogen) atoms. The van der Waals surface area contributed by atoms with Gasteiger partial charge >= 0.3 is 0 Å². The fraction of sp³-hybridized carbons (Fsp3) is 0.588. The van der Waals surface area contributed by atoms with Crippen LogP contribution in [0.2, 0.25) is 0 Å². The first-order valence-corrected chi connectivity index (χ1v) is 7.66. The van der Waals surface area contributed by atoms with E-state index in [1.54, 1.807) is 0 Å². The molecular formula is C17H26N2O. The third kappa shape index (κ3) is 4.07. The maximum Gasteiger partial charge on any atom is 0.224 e. The van der Waals surface area contributed by atoms with E-state index in [-0.39, 0.29) is 11.8 Å². The lowest BCUT2D eigenvalue weighted by Gasteiger charge is -2.26. The predicted molar refractivity (Wildman–Crippen MR) is 82.6 cm³/mol. The highest BCUT2D eigenvalue weighted by Crippen LogP contribution is 2.16.